The third-order valence-electron chi connectivity index (χ3n) is 11.1. The van der Waals surface area contributed by atoms with Crippen LogP contribution in [0.25, 0.3) is 0 Å². The Bertz CT molecular complexity index is 2520. The molecule has 0 spiro atoms. The number of ether oxygens (including phenoxy) is 4. The van der Waals surface area contributed by atoms with Crippen LogP contribution >= 0.6 is 0 Å². The number of fused-ring (bicyclic) bond motifs is 8. The normalized spacial score (nSPS) is 17.4. The maximum absolute atomic E-state index is 13.9. The number of amides is 3. The monoisotopic (exact) mass is 778 g/mol. The van der Waals surface area contributed by atoms with Gasteiger partial charge in [-0.1, -0.05) is 36.4 Å². The zero-order valence-corrected chi connectivity index (χ0v) is 32.5. The summed E-state index contributed by atoms with van der Waals surface area (Å²) >= 11 is 0. The van der Waals surface area contributed by atoms with E-state index in [1.807, 2.05) is 72.9 Å². The second-order valence-electron chi connectivity index (χ2n) is 14.7. The van der Waals surface area contributed by atoms with Gasteiger partial charge in [-0.3, -0.25) is 29.2 Å². The van der Waals surface area contributed by atoms with Crippen molar-refractivity contribution in [3.8, 4) is 23.0 Å². The van der Waals surface area contributed by atoms with Crippen LogP contribution in [0.2, 0.25) is 0 Å². The molecule has 0 fully saturated rings. The molecule has 4 aliphatic rings. The molecule has 13 nitrogen and oxygen atoms in total. The Morgan fingerprint density at radius 3 is 2.05 bits per heavy atom. The average molecular weight is 779 g/mol. The van der Waals surface area contributed by atoms with Crippen LogP contribution in [-0.2, 0) is 30.8 Å². The summed E-state index contributed by atoms with van der Waals surface area (Å²) in [7, 11) is 4.79. The van der Waals surface area contributed by atoms with Crippen molar-refractivity contribution in [2.24, 2.45) is 4.99 Å². The third kappa shape index (κ3) is 6.52. The first-order valence-corrected chi connectivity index (χ1v) is 19.2. The molecular formula is C45H42N6O7. The van der Waals surface area contributed by atoms with Crippen LogP contribution in [0.1, 0.15) is 49.9 Å². The van der Waals surface area contributed by atoms with Crippen molar-refractivity contribution in [3.63, 3.8) is 0 Å². The molecule has 4 heterocycles. The number of hydrogen-bond acceptors (Lipinski definition) is 10. The molecule has 5 aromatic rings. The van der Waals surface area contributed by atoms with Crippen LogP contribution in [0.4, 0.5) is 28.4 Å². The molecule has 0 saturated carbocycles. The highest BCUT2D eigenvalue weighted by molar-refractivity contribution is 6.15. The third-order valence-corrected chi connectivity index (χ3v) is 11.1. The first-order valence-electron chi connectivity index (χ1n) is 19.2. The summed E-state index contributed by atoms with van der Waals surface area (Å²) < 4.78 is 24.2. The predicted octanol–water partition coefficient (Wildman–Crippen LogP) is 6.65. The fraction of sp³-hybridized carbons (Fsp3) is 0.244. The van der Waals surface area contributed by atoms with Crippen LogP contribution < -0.4 is 44.7 Å². The topological polar surface area (TPSA) is 143 Å². The lowest BCUT2D eigenvalue weighted by Gasteiger charge is -2.33. The van der Waals surface area contributed by atoms with Gasteiger partial charge in [0.1, 0.15) is 19.4 Å². The second-order valence-corrected chi connectivity index (χ2v) is 14.7. The maximum Gasteiger partial charge on any atom is 0.262 e. The minimum absolute atomic E-state index is 0.0989. The number of carbonyl (C=O) groups is 3. The molecule has 5 aromatic carbocycles. The molecule has 0 bridgehead atoms. The molecule has 0 aliphatic carbocycles. The van der Waals surface area contributed by atoms with Gasteiger partial charge in [-0.05, 0) is 78.7 Å². The molecule has 294 valence electrons. The number of carbonyl (C=O) groups excluding carboxylic acids is 3. The Labute approximate surface area is 335 Å². The summed E-state index contributed by atoms with van der Waals surface area (Å²) in [6.07, 6.45) is 2.99. The zero-order chi connectivity index (χ0) is 40.1. The highest BCUT2D eigenvalue weighted by Gasteiger charge is 2.40. The van der Waals surface area contributed by atoms with Crippen molar-refractivity contribution in [2.45, 2.75) is 51.2 Å². The van der Waals surface area contributed by atoms with Gasteiger partial charge in [-0.15, -0.1) is 0 Å². The first kappa shape index (κ1) is 36.8. The summed E-state index contributed by atoms with van der Waals surface area (Å²) in [4.78, 5) is 49.0. The SMILES string of the molecule is CNC(C)C(=O)Nc1cc(COc2cc3c(cc2OC)C(=O)N2c4ccccc4CC2C=N3)cc(COc2cc3c(cc2OC)C(=O)N2c4ccccc4CC2N3)c1. The van der Waals surface area contributed by atoms with Crippen LogP contribution in [0.5, 0.6) is 23.0 Å². The number of rotatable bonds is 11. The lowest BCUT2D eigenvalue weighted by Crippen LogP contribution is -2.46. The van der Waals surface area contributed by atoms with E-state index in [1.54, 1.807) is 48.0 Å². The number of para-hydroxylation sites is 2. The van der Waals surface area contributed by atoms with Crippen molar-refractivity contribution in [2.75, 3.05) is 41.7 Å². The molecule has 13 heteroatoms. The van der Waals surface area contributed by atoms with Crippen molar-refractivity contribution in [3.05, 3.63) is 124 Å². The smallest absolute Gasteiger partial charge is 0.262 e. The van der Waals surface area contributed by atoms with Gasteiger partial charge in [0.2, 0.25) is 5.91 Å². The second kappa shape index (κ2) is 14.9. The summed E-state index contributed by atoms with van der Waals surface area (Å²) in [6, 6.07) is 27.7. The molecular weight excluding hydrogens is 737 g/mol. The fourth-order valence-corrected chi connectivity index (χ4v) is 8.08. The van der Waals surface area contributed by atoms with Gasteiger partial charge in [-0.2, -0.15) is 0 Å². The van der Waals surface area contributed by atoms with E-state index in [1.165, 1.54) is 14.2 Å². The molecule has 3 amide bonds. The van der Waals surface area contributed by atoms with E-state index in [2.05, 4.69) is 16.0 Å². The number of anilines is 4. The minimum atomic E-state index is -0.436. The summed E-state index contributed by atoms with van der Waals surface area (Å²) in [6.45, 7) is 1.99. The predicted molar refractivity (Wildman–Crippen MR) is 222 cm³/mol. The van der Waals surface area contributed by atoms with Gasteiger partial charge in [0.25, 0.3) is 11.8 Å². The highest BCUT2D eigenvalue weighted by atomic mass is 16.5. The molecule has 3 atom stereocenters. The van der Waals surface area contributed by atoms with Crippen LogP contribution in [0.15, 0.2) is 96.0 Å². The Hall–Kier alpha value is -6.86. The number of likely N-dealkylation sites (N-methyl/N-ethyl adjacent to an activating group) is 1. The standard InChI is InChI=1S/C45H42N6O7/c1-25(46-2)43(52)48-30-14-26(23-57-40-20-34-32(18-38(40)55-3)44(53)50-31(22-47-34)16-28-9-5-7-11-36(28)50)13-27(15-30)24-58-41-21-35-33(19-39(41)56-4)45(54)51-37-12-8-6-10-29(37)17-42(51)49-35/h5-15,18-22,25,31,42,46,49H,16-17,23-24H2,1-4H3,(H,48,52). The fourth-order valence-electron chi connectivity index (χ4n) is 8.08. The zero-order valence-electron chi connectivity index (χ0n) is 32.5. The number of aliphatic imine (C=N–C) groups is 1. The summed E-state index contributed by atoms with van der Waals surface area (Å²) in [5.41, 5.74) is 8.12. The molecule has 58 heavy (non-hydrogen) atoms. The van der Waals surface area contributed by atoms with E-state index in [-0.39, 0.29) is 43.1 Å². The molecule has 3 N–H and O–H groups in total. The molecule has 4 aliphatic heterocycles. The van der Waals surface area contributed by atoms with Crippen molar-refractivity contribution in [1.82, 2.24) is 5.32 Å². The van der Waals surface area contributed by atoms with E-state index in [9.17, 15) is 14.4 Å². The average Bonchev–Trinajstić information content (AvgIpc) is 3.77. The molecule has 3 unspecified atom stereocenters. The molecule has 0 radical (unpaired) electrons. The molecule has 0 aromatic heterocycles. The minimum Gasteiger partial charge on any atom is -0.493 e. The van der Waals surface area contributed by atoms with Gasteiger partial charge in [0.15, 0.2) is 23.0 Å². The van der Waals surface area contributed by atoms with E-state index in [4.69, 9.17) is 23.9 Å². The quantitative estimate of drug-likeness (QED) is 0.134. The molecule has 9 rings (SSSR count). The summed E-state index contributed by atoms with van der Waals surface area (Å²) in [5.74, 6) is 1.20. The first-order chi connectivity index (χ1) is 28.2. The number of nitrogens with zero attached hydrogens (tertiary/aromatic N) is 3. The van der Waals surface area contributed by atoms with Crippen LogP contribution in [-0.4, -0.2) is 63.5 Å². The van der Waals surface area contributed by atoms with Gasteiger partial charge in [0.05, 0.1) is 48.8 Å². The Balaban J connectivity index is 0.969. The van der Waals surface area contributed by atoms with Gasteiger partial charge in [-0.25, -0.2) is 0 Å². The van der Waals surface area contributed by atoms with Crippen molar-refractivity contribution in [1.29, 1.82) is 0 Å². The lowest BCUT2D eigenvalue weighted by atomic mass is 10.1. The van der Waals surface area contributed by atoms with Crippen LogP contribution in [0, 0.1) is 0 Å². The van der Waals surface area contributed by atoms with Gasteiger partial charge >= 0.3 is 0 Å². The van der Waals surface area contributed by atoms with E-state index in [0.717, 1.165) is 33.6 Å². The Morgan fingerprint density at radius 1 is 0.776 bits per heavy atom. The number of nitrogens with one attached hydrogen (secondary N) is 3. The van der Waals surface area contributed by atoms with E-state index in [0.29, 0.717) is 64.0 Å². The maximum atomic E-state index is 13.9. The Morgan fingerprint density at radius 2 is 1.38 bits per heavy atom. The highest BCUT2D eigenvalue weighted by Crippen LogP contribution is 2.44. The van der Waals surface area contributed by atoms with Crippen molar-refractivity contribution >= 4 is 52.4 Å². The van der Waals surface area contributed by atoms with E-state index >= 15 is 0 Å². The number of benzene rings is 5. The number of methoxy groups -OCH3 is 2. The Kier molecular flexibility index (Phi) is 9.44. The van der Waals surface area contributed by atoms with Crippen LogP contribution in [0.3, 0.4) is 0 Å². The van der Waals surface area contributed by atoms with Gasteiger partial charge < -0.3 is 34.9 Å². The summed E-state index contributed by atoms with van der Waals surface area (Å²) in [5, 5.41) is 9.49. The van der Waals surface area contributed by atoms with Gasteiger partial charge in [0, 0.05) is 48.3 Å². The lowest BCUT2D eigenvalue weighted by molar-refractivity contribution is -0.117. The van der Waals surface area contributed by atoms with Crippen molar-refractivity contribution < 1.29 is 33.3 Å². The van der Waals surface area contributed by atoms with E-state index < -0.39 is 6.04 Å². The largest absolute Gasteiger partial charge is 0.493 e. The number of hydrogen-bond donors (Lipinski definition) is 3. The molecule has 0 saturated heterocycles.